The van der Waals surface area contributed by atoms with E-state index in [4.69, 9.17) is 5.73 Å². The second kappa shape index (κ2) is 7.43. The number of primary amides is 1. The number of carbonyl (C=O) groups excluding carboxylic acids is 1. The lowest BCUT2D eigenvalue weighted by Gasteiger charge is -2.16. The first kappa shape index (κ1) is 18.4. The van der Waals surface area contributed by atoms with E-state index in [1.165, 1.54) is 10.4 Å². The molecule has 1 amide bonds. The molecule has 0 spiro atoms. The van der Waals surface area contributed by atoms with Gasteiger partial charge < -0.3 is 5.73 Å². The maximum atomic E-state index is 12.7. The van der Waals surface area contributed by atoms with Gasteiger partial charge in [0.05, 0.1) is 4.90 Å². The Kier molecular flexibility index (Phi) is 5.25. The molecule has 26 heavy (non-hydrogen) atoms. The number of carbonyl (C=O) groups is 1. The zero-order valence-electron chi connectivity index (χ0n) is 14.7. The van der Waals surface area contributed by atoms with E-state index in [1.54, 1.807) is 24.3 Å². The van der Waals surface area contributed by atoms with Gasteiger partial charge in [-0.15, -0.1) is 0 Å². The summed E-state index contributed by atoms with van der Waals surface area (Å²) >= 11 is 0. The first-order chi connectivity index (χ1) is 12.4. The Labute approximate surface area is 154 Å². The van der Waals surface area contributed by atoms with Crippen molar-refractivity contribution < 1.29 is 13.2 Å². The third-order valence-corrected chi connectivity index (χ3v) is 6.50. The molecular formula is C20H22N2O3S. The normalized spacial score (nSPS) is 16.0. The first-order valence-corrected chi connectivity index (χ1v) is 10.0. The van der Waals surface area contributed by atoms with Crippen molar-refractivity contribution in [2.45, 2.75) is 24.7 Å². The SMILES string of the molecule is Cc1ccccc1C(=CC(N)=O)c1ccc(S(=O)(=O)N2CCCC2)cc1. The third kappa shape index (κ3) is 3.71. The summed E-state index contributed by atoms with van der Waals surface area (Å²) < 4.78 is 26.8. The van der Waals surface area contributed by atoms with Crippen LogP contribution in [0.4, 0.5) is 0 Å². The van der Waals surface area contributed by atoms with Gasteiger partial charge in [-0.1, -0.05) is 36.4 Å². The zero-order chi connectivity index (χ0) is 18.7. The molecule has 1 saturated heterocycles. The van der Waals surface area contributed by atoms with Crippen LogP contribution in [0.25, 0.3) is 5.57 Å². The first-order valence-electron chi connectivity index (χ1n) is 8.57. The van der Waals surface area contributed by atoms with E-state index in [0.717, 1.165) is 29.5 Å². The Balaban J connectivity index is 2.00. The van der Waals surface area contributed by atoms with Crippen molar-refractivity contribution in [1.82, 2.24) is 4.31 Å². The van der Waals surface area contributed by atoms with Crippen LogP contribution in [-0.4, -0.2) is 31.7 Å². The maximum absolute atomic E-state index is 12.7. The molecule has 3 rings (SSSR count). The van der Waals surface area contributed by atoms with Crippen LogP contribution in [0.2, 0.25) is 0 Å². The van der Waals surface area contributed by atoms with Crippen LogP contribution in [0.5, 0.6) is 0 Å². The highest BCUT2D eigenvalue weighted by atomic mass is 32.2. The lowest BCUT2D eigenvalue weighted by Crippen LogP contribution is -2.27. The molecule has 0 aliphatic carbocycles. The van der Waals surface area contributed by atoms with Gasteiger partial charge >= 0.3 is 0 Å². The quantitative estimate of drug-likeness (QED) is 0.822. The molecule has 0 radical (unpaired) electrons. The second-order valence-electron chi connectivity index (χ2n) is 6.41. The van der Waals surface area contributed by atoms with Crippen molar-refractivity contribution in [2.75, 3.05) is 13.1 Å². The number of hydrogen-bond acceptors (Lipinski definition) is 3. The third-order valence-electron chi connectivity index (χ3n) is 4.59. The van der Waals surface area contributed by atoms with Gasteiger partial charge in [-0.25, -0.2) is 8.42 Å². The van der Waals surface area contributed by atoms with Crippen LogP contribution < -0.4 is 5.73 Å². The summed E-state index contributed by atoms with van der Waals surface area (Å²) in [6.07, 6.45) is 3.18. The van der Waals surface area contributed by atoms with Crippen LogP contribution in [0.1, 0.15) is 29.5 Å². The van der Waals surface area contributed by atoms with E-state index >= 15 is 0 Å². The monoisotopic (exact) mass is 370 g/mol. The maximum Gasteiger partial charge on any atom is 0.243 e. The van der Waals surface area contributed by atoms with E-state index < -0.39 is 15.9 Å². The Bertz CT molecular complexity index is 941. The van der Waals surface area contributed by atoms with Crippen molar-refractivity contribution in [3.8, 4) is 0 Å². The average Bonchev–Trinajstić information content (AvgIpc) is 3.16. The van der Waals surface area contributed by atoms with Gasteiger partial charge in [0, 0.05) is 19.2 Å². The number of sulfonamides is 1. The number of nitrogens with zero attached hydrogens (tertiary/aromatic N) is 1. The molecule has 5 nitrogen and oxygen atoms in total. The van der Waals surface area contributed by atoms with Crippen LogP contribution in [0, 0.1) is 6.92 Å². The number of amides is 1. The Hall–Kier alpha value is -2.44. The molecule has 6 heteroatoms. The van der Waals surface area contributed by atoms with E-state index in [1.807, 2.05) is 31.2 Å². The summed E-state index contributed by atoms with van der Waals surface area (Å²) in [5, 5.41) is 0. The largest absolute Gasteiger partial charge is 0.366 e. The lowest BCUT2D eigenvalue weighted by atomic mass is 9.94. The Morgan fingerprint density at radius 2 is 1.65 bits per heavy atom. The highest BCUT2D eigenvalue weighted by Gasteiger charge is 2.27. The van der Waals surface area contributed by atoms with Gasteiger partial charge in [0.1, 0.15) is 0 Å². The highest BCUT2D eigenvalue weighted by molar-refractivity contribution is 7.89. The van der Waals surface area contributed by atoms with E-state index in [0.29, 0.717) is 18.7 Å². The molecule has 0 unspecified atom stereocenters. The Morgan fingerprint density at radius 3 is 2.23 bits per heavy atom. The van der Waals surface area contributed by atoms with Gasteiger partial charge in [0.15, 0.2) is 0 Å². The van der Waals surface area contributed by atoms with E-state index in [2.05, 4.69) is 0 Å². The summed E-state index contributed by atoms with van der Waals surface area (Å²) in [6.45, 7) is 3.09. The molecule has 2 aromatic carbocycles. The second-order valence-corrected chi connectivity index (χ2v) is 8.35. The highest BCUT2D eigenvalue weighted by Crippen LogP contribution is 2.28. The Morgan fingerprint density at radius 1 is 1.04 bits per heavy atom. The molecule has 0 atom stereocenters. The molecular weight excluding hydrogens is 348 g/mol. The molecule has 2 aromatic rings. The van der Waals surface area contributed by atoms with Gasteiger partial charge in [0.25, 0.3) is 0 Å². The van der Waals surface area contributed by atoms with Crippen molar-refractivity contribution in [2.24, 2.45) is 5.73 Å². The summed E-state index contributed by atoms with van der Waals surface area (Å²) in [5.41, 5.74) is 8.71. The topological polar surface area (TPSA) is 80.5 Å². The minimum absolute atomic E-state index is 0.270. The van der Waals surface area contributed by atoms with Gasteiger partial charge in [0.2, 0.25) is 15.9 Å². The lowest BCUT2D eigenvalue weighted by molar-refractivity contribution is -0.113. The summed E-state index contributed by atoms with van der Waals surface area (Å²) in [6, 6.07) is 14.3. The van der Waals surface area contributed by atoms with Crippen LogP contribution in [0.3, 0.4) is 0 Å². The predicted molar refractivity (Wildman–Crippen MR) is 102 cm³/mol. The molecule has 1 aliphatic rings. The standard InChI is InChI=1S/C20H22N2O3S/c1-15-6-2-3-7-18(15)19(14-20(21)23)16-8-10-17(11-9-16)26(24,25)22-12-4-5-13-22/h2-3,6-11,14H,4-5,12-13H2,1H3,(H2,21,23). The molecule has 0 aromatic heterocycles. The van der Waals surface area contributed by atoms with Crippen LogP contribution in [0.15, 0.2) is 59.5 Å². The molecule has 0 bridgehead atoms. The van der Waals surface area contributed by atoms with Crippen molar-refractivity contribution in [3.63, 3.8) is 0 Å². The zero-order valence-corrected chi connectivity index (χ0v) is 15.5. The van der Waals surface area contributed by atoms with Crippen LogP contribution >= 0.6 is 0 Å². The van der Waals surface area contributed by atoms with Crippen molar-refractivity contribution in [3.05, 3.63) is 71.3 Å². The van der Waals surface area contributed by atoms with Crippen molar-refractivity contribution in [1.29, 1.82) is 0 Å². The fourth-order valence-electron chi connectivity index (χ4n) is 3.22. The molecule has 1 fully saturated rings. The summed E-state index contributed by atoms with van der Waals surface area (Å²) in [7, 11) is -3.45. The summed E-state index contributed by atoms with van der Waals surface area (Å²) in [4.78, 5) is 11.8. The average molecular weight is 370 g/mol. The molecule has 2 N–H and O–H groups in total. The fraction of sp³-hybridized carbons (Fsp3) is 0.250. The van der Waals surface area contributed by atoms with Crippen LogP contribution in [-0.2, 0) is 14.8 Å². The van der Waals surface area contributed by atoms with Crippen molar-refractivity contribution >= 4 is 21.5 Å². The molecule has 1 heterocycles. The number of hydrogen-bond donors (Lipinski definition) is 1. The smallest absolute Gasteiger partial charge is 0.243 e. The number of nitrogens with two attached hydrogens (primary N) is 1. The minimum Gasteiger partial charge on any atom is -0.366 e. The van der Waals surface area contributed by atoms with Gasteiger partial charge in [-0.3, -0.25) is 4.79 Å². The van der Waals surface area contributed by atoms with E-state index in [9.17, 15) is 13.2 Å². The number of benzene rings is 2. The summed E-state index contributed by atoms with van der Waals surface area (Å²) in [5.74, 6) is -0.544. The number of aryl methyl sites for hydroxylation is 1. The number of rotatable bonds is 5. The van der Waals surface area contributed by atoms with E-state index in [-0.39, 0.29) is 4.90 Å². The molecule has 136 valence electrons. The van der Waals surface area contributed by atoms with Gasteiger partial charge in [-0.05, 0) is 54.2 Å². The van der Waals surface area contributed by atoms with Gasteiger partial charge in [-0.2, -0.15) is 4.31 Å². The fourth-order valence-corrected chi connectivity index (χ4v) is 4.74. The molecule has 1 aliphatic heterocycles. The minimum atomic E-state index is -3.45. The molecule has 0 saturated carbocycles. The predicted octanol–water partition coefficient (Wildman–Crippen LogP) is 2.70.